The summed E-state index contributed by atoms with van der Waals surface area (Å²) < 4.78 is 13.2. The molecule has 10 nitrogen and oxygen atoms in total. The summed E-state index contributed by atoms with van der Waals surface area (Å²) in [5.74, 6) is 0.861. The summed E-state index contributed by atoms with van der Waals surface area (Å²) in [6.07, 6.45) is 6.09. The molecule has 1 aliphatic heterocycles. The van der Waals surface area contributed by atoms with Gasteiger partial charge in [0.1, 0.15) is 11.4 Å². The molecule has 2 aromatic heterocycles. The van der Waals surface area contributed by atoms with Crippen LogP contribution in [-0.4, -0.2) is 64.0 Å². The molecule has 2 aliphatic rings. The van der Waals surface area contributed by atoms with E-state index in [2.05, 4.69) is 24.5 Å². The Morgan fingerprint density at radius 3 is 2.40 bits per heavy atom. The number of nitrogens with zero attached hydrogens (tertiary/aromatic N) is 4. The van der Waals surface area contributed by atoms with Crippen LogP contribution >= 0.6 is 0 Å². The van der Waals surface area contributed by atoms with Gasteiger partial charge in [0, 0.05) is 49.0 Å². The van der Waals surface area contributed by atoms with Gasteiger partial charge in [-0.1, -0.05) is 32.9 Å². The molecule has 234 valence electrons. The fourth-order valence-electron chi connectivity index (χ4n) is 4.84. The Labute approximate surface area is 255 Å². The highest BCUT2D eigenvalue weighted by Crippen LogP contribution is 2.32. The first-order valence-corrected chi connectivity index (χ1v) is 15.8. The van der Waals surface area contributed by atoms with Gasteiger partial charge in [0.15, 0.2) is 5.65 Å². The Balaban J connectivity index is 0.00000207. The van der Waals surface area contributed by atoms with Gasteiger partial charge in [0.25, 0.3) is 5.91 Å². The van der Waals surface area contributed by atoms with Crippen LogP contribution in [0.3, 0.4) is 0 Å². The van der Waals surface area contributed by atoms with E-state index in [1.54, 1.807) is 15.6 Å². The predicted molar refractivity (Wildman–Crippen MR) is 171 cm³/mol. The van der Waals surface area contributed by atoms with E-state index in [1.807, 2.05) is 65.0 Å². The number of carbonyl (C=O) groups is 2. The third kappa shape index (κ3) is 8.46. The number of hydrogen-bond donors (Lipinski definition) is 2. The lowest BCUT2D eigenvalue weighted by Crippen LogP contribution is -2.41. The molecule has 1 saturated carbocycles. The first-order chi connectivity index (χ1) is 20.6. The number of carbonyl (C=O) groups excluding carboxylic acids is 2. The summed E-state index contributed by atoms with van der Waals surface area (Å²) in [5.41, 5.74) is 2.79. The van der Waals surface area contributed by atoms with Crippen molar-refractivity contribution in [2.75, 3.05) is 30.0 Å². The van der Waals surface area contributed by atoms with Gasteiger partial charge in [-0.2, -0.15) is 0 Å². The summed E-state index contributed by atoms with van der Waals surface area (Å²) in [6.45, 7) is 15.7. The van der Waals surface area contributed by atoms with Crippen molar-refractivity contribution in [2.45, 2.75) is 98.3 Å². The highest BCUT2D eigenvalue weighted by Gasteiger charge is 2.30. The Hall–Kier alpha value is -3.66. The molecule has 1 aliphatic carbocycles. The highest BCUT2D eigenvalue weighted by atomic mass is 16.6. The molecule has 2 amide bonds. The maximum absolute atomic E-state index is 13.7. The molecule has 3 heterocycles. The van der Waals surface area contributed by atoms with E-state index < -0.39 is 11.7 Å². The van der Waals surface area contributed by atoms with E-state index in [0.29, 0.717) is 48.5 Å². The number of ether oxygens (including phenoxy) is 2. The monoisotopic (exact) mass is 592 g/mol. The van der Waals surface area contributed by atoms with Crippen LogP contribution in [-0.2, 0) is 9.47 Å². The first-order valence-electron chi connectivity index (χ1n) is 15.8. The van der Waals surface area contributed by atoms with Crippen molar-refractivity contribution < 1.29 is 19.1 Å². The number of benzene rings is 1. The average molecular weight is 593 g/mol. The Kier molecular flexibility index (Phi) is 10.7. The van der Waals surface area contributed by atoms with Crippen LogP contribution < -0.4 is 15.5 Å². The zero-order valence-electron chi connectivity index (χ0n) is 26.8. The molecular formula is C33H48N6O4. The van der Waals surface area contributed by atoms with E-state index in [4.69, 9.17) is 19.6 Å². The lowest BCUT2D eigenvalue weighted by molar-refractivity contribution is 0.0515. The van der Waals surface area contributed by atoms with Gasteiger partial charge in [-0.15, -0.1) is 5.10 Å². The van der Waals surface area contributed by atoms with Gasteiger partial charge in [-0.25, -0.2) is 14.3 Å². The Morgan fingerprint density at radius 2 is 1.79 bits per heavy atom. The topological polar surface area (TPSA) is 110 Å². The lowest BCUT2D eigenvalue weighted by Gasteiger charge is -2.32. The number of aromatic nitrogens is 3. The molecular weight excluding hydrogens is 544 g/mol. The van der Waals surface area contributed by atoms with Gasteiger partial charge in [-0.3, -0.25) is 9.69 Å². The minimum absolute atomic E-state index is 0.0567. The molecule has 1 aromatic carbocycles. The second-order valence-corrected chi connectivity index (χ2v) is 12.2. The van der Waals surface area contributed by atoms with Gasteiger partial charge in [0.05, 0.1) is 17.6 Å². The van der Waals surface area contributed by atoms with Crippen LogP contribution in [0.4, 0.5) is 16.3 Å². The number of nitrogens with one attached hydrogen (secondary N) is 2. The van der Waals surface area contributed by atoms with Crippen molar-refractivity contribution >= 4 is 29.2 Å². The standard InChI is InChI=1S/C31H42N6O4.C2H6/c1-6-20(2)33-27-17-25(36(30(39)41-31(3,4)5)19-21-13-15-40-16-14-21)28-32-18-26(37(28)35-27)22-7-9-23(10-8-22)29(38)34-24-11-12-24;1-2/h7-10,17-18,20-21,24H,6,11-16,19H2,1-5H3,(H,33,35)(H,34,38);1-2H3. The summed E-state index contributed by atoms with van der Waals surface area (Å²) >= 11 is 0. The van der Waals surface area contributed by atoms with E-state index >= 15 is 0 Å². The second kappa shape index (κ2) is 14.2. The quantitative estimate of drug-likeness (QED) is 0.285. The van der Waals surface area contributed by atoms with E-state index in [0.717, 1.165) is 43.4 Å². The molecule has 3 aromatic rings. The largest absolute Gasteiger partial charge is 0.443 e. The number of anilines is 2. The van der Waals surface area contributed by atoms with Gasteiger partial charge < -0.3 is 20.1 Å². The Morgan fingerprint density at radius 1 is 1.12 bits per heavy atom. The minimum atomic E-state index is -0.653. The fraction of sp³-hybridized carbons (Fsp3) is 0.576. The van der Waals surface area contributed by atoms with E-state index in [1.165, 1.54) is 0 Å². The number of amides is 2. The lowest BCUT2D eigenvalue weighted by atomic mass is 9.99. The van der Waals surface area contributed by atoms with Crippen molar-refractivity contribution in [1.82, 2.24) is 19.9 Å². The smallest absolute Gasteiger partial charge is 0.414 e. The molecule has 0 bridgehead atoms. The van der Waals surface area contributed by atoms with Gasteiger partial charge in [0.2, 0.25) is 0 Å². The molecule has 43 heavy (non-hydrogen) atoms. The maximum atomic E-state index is 13.7. The maximum Gasteiger partial charge on any atom is 0.414 e. The molecule has 2 fully saturated rings. The number of hydrogen-bond acceptors (Lipinski definition) is 7. The first kappa shape index (κ1) is 32.3. The van der Waals surface area contributed by atoms with Crippen molar-refractivity contribution in [3.05, 3.63) is 42.1 Å². The third-order valence-corrected chi connectivity index (χ3v) is 7.50. The zero-order valence-corrected chi connectivity index (χ0v) is 26.8. The summed E-state index contributed by atoms with van der Waals surface area (Å²) in [5, 5.41) is 11.4. The predicted octanol–water partition coefficient (Wildman–Crippen LogP) is 6.69. The van der Waals surface area contributed by atoms with Gasteiger partial charge in [-0.05, 0) is 77.8 Å². The molecule has 0 spiro atoms. The number of fused-ring (bicyclic) bond motifs is 1. The third-order valence-electron chi connectivity index (χ3n) is 7.50. The average Bonchev–Trinajstić information content (AvgIpc) is 3.71. The number of imidazole rings is 1. The second-order valence-electron chi connectivity index (χ2n) is 12.2. The van der Waals surface area contributed by atoms with Crippen LogP contribution in [0, 0.1) is 5.92 Å². The minimum Gasteiger partial charge on any atom is -0.443 e. The molecule has 10 heteroatoms. The van der Waals surface area contributed by atoms with Crippen LogP contribution in [0.2, 0.25) is 0 Å². The van der Waals surface area contributed by atoms with Crippen LogP contribution in [0.1, 0.15) is 90.9 Å². The van der Waals surface area contributed by atoms with Crippen molar-refractivity contribution in [2.24, 2.45) is 5.92 Å². The zero-order chi connectivity index (χ0) is 31.1. The van der Waals surface area contributed by atoms with Crippen LogP contribution in [0.25, 0.3) is 16.9 Å². The normalized spacial score (nSPS) is 16.2. The number of rotatable bonds is 9. The molecule has 1 unspecified atom stereocenters. The summed E-state index contributed by atoms with van der Waals surface area (Å²) in [4.78, 5) is 32.7. The fourth-order valence-corrected chi connectivity index (χ4v) is 4.84. The van der Waals surface area contributed by atoms with Crippen molar-refractivity contribution in [3.8, 4) is 11.3 Å². The van der Waals surface area contributed by atoms with Crippen LogP contribution in [0.15, 0.2) is 36.5 Å². The molecule has 5 rings (SSSR count). The molecule has 1 atom stereocenters. The van der Waals surface area contributed by atoms with Crippen LogP contribution in [0.5, 0.6) is 0 Å². The summed E-state index contributed by atoms with van der Waals surface area (Å²) in [6, 6.07) is 9.85. The van der Waals surface area contributed by atoms with E-state index in [9.17, 15) is 9.59 Å². The van der Waals surface area contributed by atoms with E-state index in [-0.39, 0.29) is 17.9 Å². The SMILES string of the molecule is CC.CCC(C)Nc1cc(N(CC2CCOCC2)C(=O)OC(C)(C)C)c2ncc(-c3ccc(C(=O)NC4CC4)cc3)n2n1. The van der Waals surface area contributed by atoms with Crippen molar-refractivity contribution in [3.63, 3.8) is 0 Å². The summed E-state index contributed by atoms with van der Waals surface area (Å²) in [7, 11) is 0. The van der Waals surface area contributed by atoms with Crippen molar-refractivity contribution in [1.29, 1.82) is 0 Å². The van der Waals surface area contributed by atoms with Gasteiger partial charge >= 0.3 is 6.09 Å². The molecule has 1 saturated heterocycles. The Bertz CT molecular complexity index is 1370. The molecule has 2 N–H and O–H groups in total. The highest BCUT2D eigenvalue weighted by molar-refractivity contribution is 5.95. The molecule has 0 radical (unpaired) electrons.